The van der Waals surface area contributed by atoms with Crippen LogP contribution in [0.1, 0.15) is 44.0 Å². The molecule has 1 aromatic heterocycles. The molecule has 2 fully saturated rings. The third-order valence-corrected chi connectivity index (χ3v) is 5.39. The molecular formula is C18H20F6N6. The Morgan fingerprint density at radius 2 is 1.73 bits per heavy atom. The minimum atomic E-state index is -3.21. The van der Waals surface area contributed by atoms with Gasteiger partial charge in [0.05, 0.1) is 6.04 Å². The van der Waals surface area contributed by atoms with Crippen molar-refractivity contribution in [2.45, 2.75) is 62.2 Å². The van der Waals surface area contributed by atoms with Crippen molar-refractivity contribution in [1.29, 1.82) is 0 Å². The van der Waals surface area contributed by atoms with Crippen LogP contribution in [0.2, 0.25) is 0 Å². The van der Waals surface area contributed by atoms with Gasteiger partial charge in [0.15, 0.2) is 17.6 Å². The summed E-state index contributed by atoms with van der Waals surface area (Å²) in [7, 11) is 0. The van der Waals surface area contributed by atoms with Gasteiger partial charge in [0.2, 0.25) is 5.92 Å². The molecule has 1 unspecified atom stereocenters. The number of amidine groups is 1. The van der Waals surface area contributed by atoms with Crippen LogP contribution >= 0.6 is 0 Å². The molecule has 4 N–H and O–H groups in total. The number of aromatic nitrogens is 1. The van der Waals surface area contributed by atoms with Crippen molar-refractivity contribution in [1.82, 2.24) is 15.6 Å². The number of alkyl halides is 6. The van der Waals surface area contributed by atoms with Gasteiger partial charge in [-0.15, -0.1) is 0 Å². The fraction of sp³-hybridized carbons (Fsp3) is 0.611. The maximum Gasteiger partial charge on any atom is 0.286 e. The zero-order valence-corrected chi connectivity index (χ0v) is 15.9. The zero-order chi connectivity index (χ0) is 21.9. The lowest BCUT2D eigenvalue weighted by atomic mass is 9.76. The fourth-order valence-electron chi connectivity index (χ4n) is 3.64. The van der Waals surface area contributed by atoms with E-state index in [1.165, 1.54) is 12.1 Å². The standard InChI is InChI=1S/C18H20F6N6/c1-15(19,20)12-4-2-3-11(27-12)13-28-14(26-10-7-17(23,24)8-10)30-18(25,29-13)9-5-16(21,22)6-9/h2-4,9-10H,5-8,25H2,1H3,(H2,26,28,29,30). The molecule has 30 heavy (non-hydrogen) atoms. The van der Waals surface area contributed by atoms with Crippen LogP contribution < -0.4 is 16.4 Å². The first kappa shape index (κ1) is 20.9. The Hall–Kier alpha value is -2.37. The first-order chi connectivity index (χ1) is 13.7. The van der Waals surface area contributed by atoms with E-state index in [4.69, 9.17) is 5.73 Å². The lowest BCUT2D eigenvalue weighted by Gasteiger charge is -2.46. The number of hydrogen-bond donors (Lipinski definition) is 3. The highest BCUT2D eigenvalue weighted by molar-refractivity contribution is 6.09. The van der Waals surface area contributed by atoms with Crippen LogP contribution in [0.15, 0.2) is 28.2 Å². The number of halogens is 6. The molecular weight excluding hydrogens is 414 g/mol. The predicted molar refractivity (Wildman–Crippen MR) is 96.6 cm³/mol. The van der Waals surface area contributed by atoms with E-state index in [1.54, 1.807) is 0 Å². The second kappa shape index (κ2) is 6.56. The lowest BCUT2D eigenvalue weighted by Crippen LogP contribution is -2.70. The van der Waals surface area contributed by atoms with Gasteiger partial charge in [0.25, 0.3) is 11.8 Å². The molecule has 4 rings (SSSR count). The Kier molecular flexibility index (Phi) is 4.57. The molecule has 0 amide bonds. The summed E-state index contributed by atoms with van der Waals surface area (Å²) in [5, 5.41) is 5.44. The number of rotatable bonds is 4. The Bertz CT molecular complexity index is 895. The summed E-state index contributed by atoms with van der Waals surface area (Å²) in [6.07, 6.45) is -1.96. The Morgan fingerprint density at radius 3 is 2.30 bits per heavy atom. The quantitative estimate of drug-likeness (QED) is 0.636. The normalized spacial score (nSPS) is 30.0. The number of nitrogens with one attached hydrogen (secondary N) is 2. The maximum absolute atomic E-state index is 13.7. The lowest BCUT2D eigenvalue weighted by molar-refractivity contribution is -0.132. The van der Waals surface area contributed by atoms with Gasteiger partial charge in [-0.05, 0) is 12.1 Å². The van der Waals surface area contributed by atoms with Gasteiger partial charge < -0.3 is 10.6 Å². The van der Waals surface area contributed by atoms with Crippen molar-refractivity contribution in [3.05, 3.63) is 29.6 Å². The van der Waals surface area contributed by atoms with Crippen LogP contribution in [0, 0.1) is 5.92 Å². The average Bonchev–Trinajstić information content (AvgIpc) is 2.57. The molecule has 12 heteroatoms. The van der Waals surface area contributed by atoms with Crippen molar-refractivity contribution in [2.75, 3.05) is 0 Å². The van der Waals surface area contributed by atoms with Gasteiger partial charge in [-0.25, -0.2) is 32.5 Å². The first-order valence-electron chi connectivity index (χ1n) is 9.38. The number of nitrogens with two attached hydrogens (primary N) is 1. The minimum absolute atomic E-state index is 0.00285. The molecule has 2 saturated carbocycles. The smallest absolute Gasteiger partial charge is 0.286 e. The highest BCUT2D eigenvalue weighted by atomic mass is 19.3. The predicted octanol–water partition coefficient (Wildman–Crippen LogP) is 2.94. The van der Waals surface area contributed by atoms with Gasteiger partial charge in [-0.2, -0.15) is 8.78 Å². The van der Waals surface area contributed by atoms with Gasteiger partial charge in [-0.1, -0.05) is 6.07 Å². The van der Waals surface area contributed by atoms with Gasteiger partial charge in [-0.3, -0.25) is 5.73 Å². The van der Waals surface area contributed by atoms with Crippen LogP contribution in [-0.2, 0) is 5.92 Å². The molecule has 0 bridgehead atoms. The third kappa shape index (κ3) is 4.09. The molecule has 2 aliphatic carbocycles. The highest BCUT2D eigenvalue weighted by Crippen LogP contribution is 2.47. The van der Waals surface area contributed by atoms with Crippen molar-refractivity contribution < 1.29 is 26.3 Å². The summed E-state index contributed by atoms with van der Waals surface area (Å²) >= 11 is 0. The largest absolute Gasteiger partial charge is 0.319 e. The molecule has 2 heterocycles. The van der Waals surface area contributed by atoms with E-state index in [9.17, 15) is 26.3 Å². The molecule has 6 nitrogen and oxygen atoms in total. The third-order valence-electron chi connectivity index (χ3n) is 5.39. The average molecular weight is 434 g/mol. The first-order valence-corrected chi connectivity index (χ1v) is 9.38. The van der Waals surface area contributed by atoms with E-state index < -0.39 is 66.9 Å². The van der Waals surface area contributed by atoms with E-state index in [-0.39, 0.29) is 17.5 Å². The summed E-state index contributed by atoms with van der Waals surface area (Å²) < 4.78 is 80.5. The van der Waals surface area contributed by atoms with Crippen molar-refractivity contribution in [2.24, 2.45) is 21.6 Å². The Morgan fingerprint density at radius 1 is 1.10 bits per heavy atom. The molecule has 0 saturated heterocycles. The molecule has 0 spiro atoms. The summed E-state index contributed by atoms with van der Waals surface area (Å²) in [5.74, 6) is -11.5. The van der Waals surface area contributed by atoms with Gasteiger partial charge in [0, 0.05) is 38.5 Å². The zero-order valence-electron chi connectivity index (χ0n) is 15.9. The second-order valence-corrected chi connectivity index (χ2v) is 8.19. The number of hydrogen-bond acceptors (Lipinski definition) is 4. The van der Waals surface area contributed by atoms with Crippen molar-refractivity contribution in [3.8, 4) is 0 Å². The number of pyridine rings is 1. The van der Waals surface area contributed by atoms with E-state index in [0.717, 1.165) is 6.07 Å². The van der Waals surface area contributed by atoms with E-state index >= 15 is 0 Å². The summed E-state index contributed by atoms with van der Waals surface area (Å²) in [5.41, 5.74) is 5.73. The fourth-order valence-corrected chi connectivity index (χ4v) is 3.64. The molecule has 1 aliphatic heterocycles. The summed E-state index contributed by atoms with van der Waals surface area (Å²) in [4.78, 5) is 12.3. The number of guanidine groups is 1. The van der Waals surface area contributed by atoms with Crippen molar-refractivity contribution in [3.63, 3.8) is 0 Å². The second-order valence-electron chi connectivity index (χ2n) is 8.19. The molecule has 1 aromatic rings. The molecule has 0 radical (unpaired) electrons. The van der Waals surface area contributed by atoms with E-state index in [2.05, 4.69) is 25.6 Å². The van der Waals surface area contributed by atoms with Gasteiger partial charge in [0.1, 0.15) is 11.4 Å². The van der Waals surface area contributed by atoms with E-state index in [0.29, 0.717) is 6.92 Å². The maximum atomic E-state index is 13.7. The molecule has 0 aromatic carbocycles. The van der Waals surface area contributed by atoms with Crippen LogP contribution in [0.3, 0.4) is 0 Å². The Labute approximate surface area is 168 Å². The summed E-state index contributed by atoms with van der Waals surface area (Å²) in [6.45, 7) is 0.685. The Balaban J connectivity index is 1.66. The number of aliphatic imine (C=N–C) groups is 2. The summed E-state index contributed by atoms with van der Waals surface area (Å²) in [6, 6.07) is 3.19. The SMILES string of the molecule is CC(F)(F)c1cccc(C2=NC(N)(C3CC(F)(F)C3)NC(=NC3CC(F)(F)C3)N2)n1. The number of nitrogens with zero attached hydrogens (tertiary/aromatic N) is 3. The minimum Gasteiger partial charge on any atom is -0.319 e. The highest BCUT2D eigenvalue weighted by Gasteiger charge is 2.55. The topological polar surface area (TPSA) is 87.7 Å². The van der Waals surface area contributed by atoms with Crippen LogP contribution in [0.5, 0.6) is 0 Å². The van der Waals surface area contributed by atoms with Gasteiger partial charge >= 0.3 is 0 Å². The monoisotopic (exact) mass is 434 g/mol. The van der Waals surface area contributed by atoms with Crippen LogP contribution in [0.25, 0.3) is 0 Å². The van der Waals surface area contributed by atoms with E-state index in [1.807, 2.05) is 0 Å². The van der Waals surface area contributed by atoms with Crippen LogP contribution in [0.4, 0.5) is 26.3 Å². The molecule has 3 aliphatic rings. The van der Waals surface area contributed by atoms with Crippen LogP contribution in [-0.4, -0.2) is 40.5 Å². The molecule has 164 valence electrons. The molecule has 1 atom stereocenters. The van der Waals surface area contributed by atoms with Crippen molar-refractivity contribution >= 4 is 11.8 Å².